The number of aromatic nitrogens is 2. The van der Waals surface area contributed by atoms with Crippen LogP contribution >= 0.6 is 0 Å². The van der Waals surface area contributed by atoms with E-state index in [2.05, 4.69) is 37.0 Å². The van der Waals surface area contributed by atoms with E-state index in [4.69, 9.17) is 4.74 Å². The zero-order valence-corrected chi connectivity index (χ0v) is 26.0. The van der Waals surface area contributed by atoms with Gasteiger partial charge in [-0.25, -0.2) is 21.5 Å². The first-order chi connectivity index (χ1) is 17.6. The van der Waals surface area contributed by atoms with Gasteiger partial charge < -0.3 is 10.1 Å². The van der Waals surface area contributed by atoms with Crippen LogP contribution in [0.3, 0.4) is 0 Å². The van der Waals surface area contributed by atoms with Crippen molar-refractivity contribution in [1.29, 1.82) is 0 Å². The summed E-state index contributed by atoms with van der Waals surface area (Å²) < 4.78 is 57.6. The van der Waals surface area contributed by atoms with Gasteiger partial charge in [-0.15, -0.1) is 0 Å². The third-order valence-electron chi connectivity index (χ3n) is 5.99. The van der Waals surface area contributed by atoms with Gasteiger partial charge in [0.25, 0.3) is 5.91 Å². The summed E-state index contributed by atoms with van der Waals surface area (Å²) in [5.41, 5.74) is 0.430. The highest BCUT2D eigenvalue weighted by molar-refractivity contribution is 7.92. The number of hydrogen-bond acceptors (Lipinski definition) is 7. The molecule has 2 rings (SSSR count). The largest absolute Gasteiger partial charge is 0.360 e. The smallest absolute Gasteiger partial charge is 0.261 e. The van der Waals surface area contributed by atoms with E-state index in [-0.39, 0.29) is 28.8 Å². The zero-order chi connectivity index (χ0) is 28.6. The van der Waals surface area contributed by atoms with Crippen LogP contribution in [0, 0.1) is 0 Å². The number of nitrogens with zero attached hydrogens (tertiary/aromatic N) is 3. The summed E-state index contributed by atoms with van der Waals surface area (Å²) in [5.74, 6) is -0.514. The molecule has 0 radical (unpaired) electrons. The highest BCUT2D eigenvalue weighted by Crippen LogP contribution is 2.23. The fourth-order valence-electron chi connectivity index (χ4n) is 3.52. The first-order valence-electron chi connectivity index (χ1n) is 12.9. The number of benzene rings is 1. The van der Waals surface area contributed by atoms with Crippen molar-refractivity contribution in [2.45, 2.75) is 76.3 Å². The second-order valence-electron chi connectivity index (χ2n) is 10.7. The number of nitrogens with one attached hydrogen (secondary N) is 1. The minimum absolute atomic E-state index is 0.0268. The van der Waals surface area contributed by atoms with E-state index < -0.39 is 33.8 Å². The van der Waals surface area contributed by atoms with Crippen molar-refractivity contribution >= 4 is 45.3 Å². The minimum atomic E-state index is -3.68. The second kappa shape index (κ2) is 13.7. The molecule has 0 aliphatic carbocycles. The van der Waals surface area contributed by atoms with Crippen LogP contribution in [0.15, 0.2) is 35.4 Å². The zero-order valence-electron chi connectivity index (χ0n) is 23.4. The number of carbonyl (C=O) groups excluding carboxylic acids is 1. The Morgan fingerprint density at radius 3 is 2.26 bits per heavy atom. The lowest BCUT2D eigenvalue weighted by molar-refractivity contribution is 0.0786. The first kappa shape index (κ1) is 32.0. The van der Waals surface area contributed by atoms with Crippen LogP contribution < -0.4 is 9.62 Å². The van der Waals surface area contributed by atoms with E-state index in [1.165, 1.54) is 42.2 Å². The molecule has 0 atom stereocenters. The Bertz CT molecular complexity index is 1270. The van der Waals surface area contributed by atoms with Gasteiger partial charge in [0.2, 0.25) is 10.0 Å². The molecule has 13 heteroatoms. The third kappa shape index (κ3) is 10.2. The van der Waals surface area contributed by atoms with Crippen LogP contribution in [0.2, 0.25) is 25.7 Å². The summed E-state index contributed by atoms with van der Waals surface area (Å²) in [7, 11) is -7.03. The molecule has 1 N–H and O–H groups in total. The molecule has 0 fully saturated rings. The standard InChI is InChI=1S/C25H42N4O6S2Si/c1-7-8-9-10-11-17-37(33,34)22-14-12-21(13-15-22)26-25(30)23-19-29(20-35-16-18-38(4,5)6)27-24(23)28(2)36(3,31)32/h12-15,19H,7-11,16-18,20H2,1-6H3,(H,26,30). The summed E-state index contributed by atoms with van der Waals surface area (Å²) in [5, 5.41) is 6.98. The monoisotopic (exact) mass is 586 g/mol. The van der Waals surface area contributed by atoms with Gasteiger partial charge >= 0.3 is 0 Å². The van der Waals surface area contributed by atoms with E-state index in [0.717, 1.165) is 42.3 Å². The van der Waals surface area contributed by atoms with Crippen molar-refractivity contribution in [3.63, 3.8) is 0 Å². The second-order valence-corrected chi connectivity index (χ2v) is 20.4. The fourth-order valence-corrected chi connectivity index (χ4v) is 6.10. The predicted molar refractivity (Wildman–Crippen MR) is 155 cm³/mol. The summed E-state index contributed by atoms with van der Waals surface area (Å²) in [6, 6.07) is 6.94. The van der Waals surface area contributed by atoms with E-state index >= 15 is 0 Å². The van der Waals surface area contributed by atoms with Crippen molar-refractivity contribution in [1.82, 2.24) is 9.78 Å². The molecular formula is C25H42N4O6S2Si. The number of ether oxygens (including phenoxy) is 1. The quantitative estimate of drug-likeness (QED) is 0.225. The van der Waals surface area contributed by atoms with Gasteiger partial charge in [0, 0.05) is 33.6 Å². The third-order valence-corrected chi connectivity index (χ3v) is 10.7. The van der Waals surface area contributed by atoms with Gasteiger partial charge in [-0.3, -0.25) is 9.10 Å². The Kier molecular flexibility index (Phi) is 11.6. The van der Waals surface area contributed by atoms with Crippen molar-refractivity contribution in [2.24, 2.45) is 0 Å². The number of unbranched alkanes of at least 4 members (excludes halogenated alkanes) is 4. The van der Waals surface area contributed by atoms with Crippen LogP contribution in [0.4, 0.5) is 11.5 Å². The Morgan fingerprint density at radius 2 is 1.68 bits per heavy atom. The molecule has 1 aromatic heterocycles. The Hall–Kier alpha value is -2.22. The summed E-state index contributed by atoms with van der Waals surface area (Å²) in [6.45, 7) is 9.45. The molecule has 1 amide bonds. The lowest BCUT2D eigenvalue weighted by atomic mass is 10.2. The SMILES string of the molecule is CCCCCCCS(=O)(=O)c1ccc(NC(=O)c2cn(COCC[Si](C)(C)C)nc2N(C)S(C)(=O)=O)cc1. The number of sulfone groups is 1. The van der Waals surface area contributed by atoms with Crippen molar-refractivity contribution in [2.75, 3.05) is 35.3 Å². The van der Waals surface area contributed by atoms with E-state index in [1.807, 2.05) is 0 Å². The van der Waals surface area contributed by atoms with Crippen LogP contribution in [-0.2, 0) is 31.3 Å². The van der Waals surface area contributed by atoms with E-state index in [0.29, 0.717) is 18.7 Å². The topological polar surface area (TPSA) is 128 Å². The highest BCUT2D eigenvalue weighted by Gasteiger charge is 2.25. The number of hydrogen-bond donors (Lipinski definition) is 1. The maximum atomic E-state index is 13.1. The number of sulfonamides is 1. The van der Waals surface area contributed by atoms with Gasteiger partial charge in [0.05, 0.1) is 16.9 Å². The highest BCUT2D eigenvalue weighted by atomic mass is 32.2. The molecule has 0 aliphatic rings. The number of amides is 1. The molecule has 0 saturated heterocycles. The Labute approximate surface area is 228 Å². The molecule has 2 aromatic rings. The molecular weight excluding hydrogens is 545 g/mol. The molecule has 1 heterocycles. The van der Waals surface area contributed by atoms with Crippen LogP contribution in [0.1, 0.15) is 49.4 Å². The lowest BCUT2D eigenvalue weighted by Gasteiger charge is -2.16. The minimum Gasteiger partial charge on any atom is -0.360 e. The molecule has 38 heavy (non-hydrogen) atoms. The molecule has 214 valence electrons. The molecule has 0 saturated carbocycles. The lowest BCUT2D eigenvalue weighted by Crippen LogP contribution is -2.27. The number of carbonyl (C=O) groups is 1. The summed E-state index contributed by atoms with van der Waals surface area (Å²) in [4.78, 5) is 13.3. The van der Waals surface area contributed by atoms with Gasteiger partial charge in [-0.1, -0.05) is 52.2 Å². The van der Waals surface area contributed by atoms with E-state index in [9.17, 15) is 21.6 Å². The molecule has 1 aromatic carbocycles. The molecule has 10 nitrogen and oxygen atoms in total. The van der Waals surface area contributed by atoms with Crippen LogP contribution in [0.5, 0.6) is 0 Å². The average molecular weight is 587 g/mol. The Balaban J connectivity index is 2.14. The normalized spacial score (nSPS) is 12.5. The molecule has 0 bridgehead atoms. The van der Waals surface area contributed by atoms with Crippen LogP contribution in [-0.4, -0.2) is 66.3 Å². The summed E-state index contributed by atoms with van der Waals surface area (Å²) in [6.07, 6.45) is 7.18. The maximum absolute atomic E-state index is 13.1. The van der Waals surface area contributed by atoms with Crippen LogP contribution in [0.25, 0.3) is 0 Å². The summed E-state index contributed by atoms with van der Waals surface area (Å²) >= 11 is 0. The van der Waals surface area contributed by atoms with E-state index in [1.54, 1.807) is 0 Å². The predicted octanol–water partition coefficient (Wildman–Crippen LogP) is 4.59. The van der Waals surface area contributed by atoms with Crippen molar-refractivity contribution < 1.29 is 26.4 Å². The van der Waals surface area contributed by atoms with Gasteiger partial charge in [0.1, 0.15) is 12.3 Å². The molecule has 0 spiro atoms. The Morgan fingerprint density at radius 1 is 1.05 bits per heavy atom. The fraction of sp³-hybridized carbons (Fsp3) is 0.600. The molecule has 0 aliphatic heterocycles. The first-order valence-corrected chi connectivity index (χ1v) is 20.1. The van der Waals surface area contributed by atoms with Crippen molar-refractivity contribution in [3.8, 4) is 0 Å². The van der Waals surface area contributed by atoms with Gasteiger partial charge in [-0.2, -0.15) is 5.10 Å². The number of anilines is 2. The number of rotatable bonds is 16. The van der Waals surface area contributed by atoms with Crippen molar-refractivity contribution in [3.05, 3.63) is 36.0 Å². The average Bonchev–Trinajstić information content (AvgIpc) is 3.24. The van der Waals surface area contributed by atoms with Gasteiger partial charge in [-0.05, 0) is 36.7 Å². The van der Waals surface area contributed by atoms with Gasteiger partial charge in [0.15, 0.2) is 15.7 Å². The molecule has 0 unspecified atom stereocenters. The maximum Gasteiger partial charge on any atom is 0.261 e.